The molecule has 0 unspecified atom stereocenters. The summed E-state index contributed by atoms with van der Waals surface area (Å²) >= 11 is 0. The number of ether oxygens (including phenoxy) is 2. The lowest BCUT2D eigenvalue weighted by atomic mass is 10.0. The molecule has 4 rings (SSSR count). The number of hydrogen-bond acceptors (Lipinski definition) is 6. The first-order valence-electron chi connectivity index (χ1n) is 8.33. The molecule has 0 fully saturated rings. The second-order valence-corrected chi connectivity index (χ2v) is 6.30. The van der Waals surface area contributed by atoms with E-state index in [0.29, 0.717) is 0 Å². The Balaban J connectivity index is 1.82. The second-order valence-electron chi connectivity index (χ2n) is 6.30. The van der Waals surface area contributed by atoms with E-state index in [9.17, 15) is 36.9 Å². The highest BCUT2D eigenvalue weighted by Crippen LogP contribution is 2.40. The highest BCUT2D eigenvalue weighted by molar-refractivity contribution is 6.32. The van der Waals surface area contributed by atoms with Crippen LogP contribution in [0, 0.1) is 39.2 Å². The highest BCUT2D eigenvalue weighted by atomic mass is 19.2. The molecule has 0 atom stereocenters. The summed E-state index contributed by atoms with van der Waals surface area (Å²) in [7, 11) is 0. The minimum absolute atomic E-state index is 0.0102. The van der Waals surface area contributed by atoms with E-state index in [1.54, 1.807) is 0 Å². The van der Waals surface area contributed by atoms with Crippen LogP contribution in [0.3, 0.4) is 0 Å². The molecule has 13 heteroatoms. The predicted octanol–water partition coefficient (Wildman–Crippen LogP) is 3.83. The van der Waals surface area contributed by atoms with Crippen molar-refractivity contribution in [3.05, 3.63) is 62.5 Å². The van der Waals surface area contributed by atoms with Gasteiger partial charge in [0.25, 0.3) is 11.6 Å². The van der Waals surface area contributed by atoms with Gasteiger partial charge in [0.15, 0.2) is 34.8 Å². The number of benzene rings is 2. The molecule has 1 amide bonds. The Kier molecular flexibility index (Phi) is 4.60. The van der Waals surface area contributed by atoms with E-state index in [1.165, 1.54) is 13.0 Å². The number of anilines is 1. The smallest absolute Gasteiger partial charge is 0.280 e. The Morgan fingerprint density at radius 2 is 1.58 bits per heavy atom. The molecule has 0 saturated heterocycles. The van der Waals surface area contributed by atoms with Gasteiger partial charge in [0, 0.05) is 0 Å². The normalized spacial score (nSPS) is 16.3. The van der Waals surface area contributed by atoms with Gasteiger partial charge >= 0.3 is 0 Å². The third kappa shape index (κ3) is 3.05. The number of hydrogen-bond donors (Lipinski definition) is 0. The van der Waals surface area contributed by atoms with Crippen molar-refractivity contribution in [3.8, 4) is 11.5 Å². The van der Waals surface area contributed by atoms with Gasteiger partial charge in [-0.05, 0) is 19.1 Å². The van der Waals surface area contributed by atoms with Crippen molar-refractivity contribution >= 4 is 29.1 Å². The van der Waals surface area contributed by atoms with Gasteiger partial charge in [-0.2, -0.15) is 10.1 Å². The van der Waals surface area contributed by atoms with Gasteiger partial charge < -0.3 is 9.47 Å². The fourth-order valence-electron chi connectivity index (χ4n) is 2.99. The first-order chi connectivity index (χ1) is 14.6. The molecule has 2 heterocycles. The van der Waals surface area contributed by atoms with Gasteiger partial charge in [-0.25, -0.2) is 22.0 Å². The monoisotopic (exact) mass is 441 g/mol. The van der Waals surface area contributed by atoms with Crippen LogP contribution in [0.5, 0.6) is 11.5 Å². The quantitative estimate of drug-likeness (QED) is 0.180. The van der Waals surface area contributed by atoms with E-state index >= 15 is 0 Å². The average molecular weight is 441 g/mol. The van der Waals surface area contributed by atoms with Crippen molar-refractivity contribution < 1.29 is 41.1 Å². The molecule has 0 aromatic heterocycles. The number of nitro benzene ring substituents is 1. The molecule has 0 bridgehead atoms. The molecule has 2 aromatic rings. The molecular weight excluding hydrogens is 433 g/mol. The Bertz CT molecular complexity index is 1210. The van der Waals surface area contributed by atoms with E-state index in [-0.39, 0.29) is 40.1 Å². The van der Waals surface area contributed by atoms with Crippen LogP contribution in [0.1, 0.15) is 12.5 Å². The van der Waals surface area contributed by atoms with Gasteiger partial charge in [-0.1, -0.05) is 0 Å². The minimum atomic E-state index is -2.39. The molecule has 8 nitrogen and oxygen atoms in total. The van der Waals surface area contributed by atoms with Crippen molar-refractivity contribution in [2.75, 3.05) is 11.8 Å². The molecule has 0 radical (unpaired) electrons. The maximum Gasteiger partial charge on any atom is 0.280 e. The molecule has 0 N–H and O–H groups in total. The fraction of sp³-hybridized carbons (Fsp3) is 0.111. The lowest BCUT2D eigenvalue weighted by molar-refractivity contribution is -0.385. The van der Waals surface area contributed by atoms with Crippen molar-refractivity contribution in [3.63, 3.8) is 0 Å². The molecule has 160 valence electrons. The zero-order chi connectivity index (χ0) is 22.6. The van der Waals surface area contributed by atoms with Crippen molar-refractivity contribution in [2.45, 2.75) is 6.92 Å². The van der Waals surface area contributed by atoms with Gasteiger partial charge in [-0.15, -0.1) is 0 Å². The minimum Gasteiger partial charge on any atom is -0.454 e. The largest absolute Gasteiger partial charge is 0.454 e. The summed E-state index contributed by atoms with van der Waals surface area (Å²) in [5, 5.41) is 15.0. The number of fused-ring (bicyclic) bond motifs is 1. The van der Waals surface area contributed by atoms with E-state index in [0.717, 1.165) is 12.1 Å². The summed E-state index contributed by atoms with van der Waals surface area (Å²) in [6.45, 7) is 1.04. The van der Waals surface area contributed by atoms with Crippen LogP contribution in [0.15, 0.2) is 22.8 Å². The highest BCUT2D eigenvalue weighted by Gasteiger charge is 2.37. The molecule has 31 heavy (non-hydrogen) atoms. The summed E-state index contributed by atoms with van der Waals surface area (Å²) in [4.78, 5) is 23.3. The fourth-order valence-corrected chi connectivity index (χ4v) is 2.99. The van der Waals surface area contributed by atoms with E-state index < -0.39 is 51.3 Å². The molecule has 0 saturated carbocycles. The van der Waals surface area contributed by atoms with E-state index in [1.807, 2.05) is 0 Å². The standard InChI is InChI=1S/C18H8F5N3O5/c1-6-8(2-7-3-10-11(31-5-30-10)4-9(7)26(28)29)18(27)25(24-6)17-15(22)13(20)12(19)14(21)16(17)23/h2-4H,5H2,1H3/b8-2-. The summed E-state index contributed by atoms with van der Waals surface area (Å²) < 4.78 is 78.8. The maximum atomic E-state index is 14.1. The first-order valence-corrected chi connectivity index (χ1v) is 8.33. The number of carbonyl (C=O) groups excluding carboxylic acids is 1. The Morgan fingerprint density at radius 3 is 2.16 bits per heavy atom. The van der Waals surface area contributed by atoms with Crippen molar-refractivity contribution in [1.82, 2.24) is 0 Å². The van der Waals surface area contributed by atoms with Crippen LogP contribution in [-0.2, 0) is 4.79 Å². The number of hydrazone groups is 1. The molecule has 2 aromatic carbocycles. The molecule has 0 aliphatic carbocycles. The lowest BCUT2D eigenvalue weighted by Crippen LogP contribution is -2.25. The summed E-state index contributed by atoms with van der Waals surface area (Å²) in [5.74, 6) is -12.4. The third-order valence-corrected chi connectivity index (χ3v) is 4.48. The number of carbonyl (C=O) groups is 1. The zero-order valence-electron chi connectivity index (χ0n) is 15.2. The topological polar surface area (TPSA) is 94.3 Å². The van der Waals surface area contributed by atoms with Gasteiger partial charge in [0.05, 0.1) is 27.8 Å². The predicted molar refractivity (Wildman–Crippen MR) is 94.0 cm³/mol. The number of rotatable bonds is 3. The molecule has 0 spiro atoms. The van der Waals surface area contributed by atoms with Crippen molar-refractivity contribution in [1.29, 1.82) is 0 Å². The summed E-state index contributed by atoms with van der Waals surface area (Å²) in [6.07, 6.45) is 0.993. The molecule has 2 aliphatic rings. The average Bonchev–Trinajstić information content (AvgIpc) is 3.29. The van der Waals surface area contributed by atoms with Gasteiger partial charge in [0.1, 0.15) is 5.69 Å². The number of halogens is 5. The summed E-state index contributed by atoms with van der Waals surface area (Å²) in [6, 6.07) is 2.26. The molecular formula is C18H8F5N3O5. The number of nitrogens with zero attached hydrogens (tertiary/aromatic N) is 3. The SMILES string of the molecule is CC1=NN(c2c(F)c(F)c(F)c(F)c2F)C(=O)/C1=C\c1cc2c(cc1[N+](=O)[O-])OCO2. The van der Waals surface area contributed by atoms with Crippen LogP contribution in [0.25, 0.3) is 6.08 Å². The van der Waals surface area contributed by atoms with Crippen LogP contribution in [0.2, 0.25) is 0 Å². The number of amides is 1. The van der Waals surface area contributed by atoms with Gasteiger partial charge in [0.2, 0.25) is 12.6 Å². The Hall–Kier alpha value is -4.03. The number of nitro groups is 1. The van der Waals surface area contributed by atoms with Crippen LogP contribution in [-0.4, -0.2) is 23.3 Å². The van der Waals surface area contributed by atoms with Gasteiger partial charge in [-0.3, -0.25) is 14.9 Å². The van der Waals surface area contributed by atoms with Crippen LogP contribution in [0.4, 0.5) is 33.3 Å². The Labute approximate surface area is 168 Å². The lowest BCUT2D eigenvalue weighted by Gasteiger charge is -2.15. The van der Waals surface area contributed by atoms with Crippen LogP contribution < -0.4 is 14.5 Å². The third-order valence-electron chi connectivity index (χ3n) is 4.48. The first kappa shape index (κ1) is 20.3. The second kappa shape index (κ2) is 7.04. The maximum absolute atomic E-state index is 14.1. The Morgan fingerprint density at radius 1 is 1.03 bits per heavy atom. The van der Waals surface area contributed by atoms with Crippen molar-refractivity contribution in [2.24, 2.45) is 5.10 Å². The summed E-state index contributed by atoms with van der Waals surface area (Å²) in [5.41, 5.74) is -2.73. The molecule has 2 aliphatic heterocycles. The zero-order valence-corrected chi connectivity index (χ0v) is 15.2. The van der Waals surface area contributed by atoms with E-state index in [4.69, 9.17) is 9.47 Å². The van der Waals surface area contributed by atoms with E-state index in [2.05, 4.69) is 5.10 Å². The van der Waals surface area contributed by atoms with Crippen LogP contribution >= 0.6 is 0 Å².